The van der Waals surface area contributed by atoms with E-state index in [1.165, 1.54) is 30.1 Å². The minimum absolute atomic E-state index is 0.00379. The number of aryl methyl sites for hydroxylation is 1. The molecule has 1 N–H and O–H groups in total. The van der Waals surface area contributed by atoms with E-state index in [0.29, 0.717) is 5.56 Å². The normalized spacial score (nSPS) is 11.1. The Balaban J connectivity index is 1.61. The summed E-state index contributed by atoms with van der Waals surface area (Å²) in [6.45, 7) is 1.92. The lowest BCUT2D eigenvalue weighted by molar-refractivity contribution is -0.384. The summed E-state index contributed by atoms with van der Waals surface area (Å²) in [4.78, 5) is 27.7. The molecule has 9 heteroatoms. The smallest absolute Gasteiger partial charge is 0.269 e. The van der Waals surface area contributed by atoms with E-state index in [4.69, 9.17) is 0 Å². The highest BCUT2D eigenvalue weighted by Gasteiger charge is 2.08. The minimum Gasteiger partial charge on any atom is -0.272 e. The van der Waals surface area contributed by atoms with Gasteiger partial charge in [-0.15, -0.1) is 11.8 Å². The molecule has 7 nitrogen and oxygen atoms in total. The monoisotopic (exact) mass is 458 g/mol. The highest BCUT2D eigenvalue weighted by molar-refractivity contribution is 9.10. The van der Waals surface area contributed by atoms with Gasteiger partial charge in [0.15, 0.2) is 0 Å². The standard InChI is InChI=1S/C19H15BrN4O3S/c1-12-8-18(16-9-14(20)4-7-17(16)22-12)28-11-19(25)23-21-10-13-2-5-15(6-3-13)24(26)27/h2-10H,11H2,1H3,(H,23,25)/b21-10+. The fourth-order valence-electron chi connectivity index (χ4n) is 2.45. The van der Waals surface area contributed by atoms with Crippen molar-refractivity contribution >= 4 is 56.4 Å². The van der Waals surface area contributed by atoms with E-state index >= 15 is 0 Å². The molecule has 1 amide bonds. The number of nitro benzene ring substituents is 1. The minimum atomic E-state index is -0.469. The molecule has 0 atom stereocenters. The lowest BCUT2D eigenvalue weighted by Gasteiger charge is -2.07. The molecule has 0 aliphatic rings. The maximum absolute atomic E-state index is 12.1. The quantitative estimate of drug-likeness (QED) is 0.254. The zero-order chi connectivity index (χ0) is 20.1. The number of aromatic nitrogens is 1. The van der Waals surface area contributed by atoms with Crippen molar-refractivity contribution in [3.8, 4) is 0 Å². The fourth-order valence-corrected chi connectivity index (χ4v) is 3.73. The third-order valence-corrected chi connectivity index (χ3v) is 5.27. The molecule has 0 fully saturated rings. The maximum Gasteiger partial charge on any atom is 0.269 e. The number of amides is 1. The molecule has 0 aliphatic heterocycles. The number of benzene rings is 2. The predicted octanol–water partition coefficient (Wildman–Crippen LogP) is 4.46. The van der Waals surface area contributed by atoms with Crippen LogP contribution < -0.4 is 5.43 Å². The molecule has 3 rings (SSSR count). The lowest BCUT2D eigenvalue weighted by Crippen LogP contribution is -2.19. The summed E-state index contributed by atoms with van der Waals surface area (Å²) in [5, 5.41) is 15.5. The van der Waals surface area contributed by atoms with Crippen LogP contribution in [0.5, 0.6) is 0 Å². The van der Waals surface area contributed by atoms with Crippen LogP contribution in [0.2, 0.25) is 0 Å². The molecule has 1 aromatic heterocycles. The van der Waals surface area contributed by atoms with Crippen molar-refractivity contribution in [2.45, 2.75) is 11.8 Å². The number of fused-ring (bicyclic) bond motifs is 1. The van der Waals surface area contributed by atoms with Gasteiger partial charge < -0.3 is 0 Å². The first-order valence-electron chi connectivity index (χ1n) is 8.18. The number of nitrogens with zero attached hydrogens (tertiary/aromatic N) is 3. The van der Waals surface area contributed by atoms with Gasteiger partial charge >= 0.3 is 0 Å². The summed E-state index contributed by atoms with van der Waals surface area (Å²) in [5.74, 6) is -0.0522. The number of nitro groups is 1. The zero-order valence-electron chi connectivity index (χ0n) is 14.8. The molecule has 0 spiro atoms. The Morgan fingerprint density at radius 3 is 2.75 bits per heavy atom. The van der Waals surface area contributed by atoms with Crippen molar-refractivity contribution in [1.29, 1.82) is 0 Å². The Labute approximate surface area is 173 Å². The number of non-ortho nitro benzene ring substituents is 1. The molecular weight excluding hydrogens is 444 g/mol. The van der Waals surface area contributed by atoms with Gasteiger partial charge in [0.25, 0.3) is 5.69 Å². The third kappa shape index (κ3) is 5.14. The van der Waals surface area contributed by atoms with Gasteiger partial charge in [0, 0.05) is 32.6 Å². The number of halogens is 1. The van der Waals surface area contributed by atoms with Crippen molar-refractivity contribution in [3.63, 3.8) is 0 Å². The molecule has 142 valence electrons. The Bertz CT molecular complexity index is 1070. The number of carbonyl (C=O) groups excluding carboxylic acids is 1. The van der Waals surface area contributed by atoms with Crippen LogP contribution in [0, 0.1) is 17.0 Å². The predicted molar refractivity (Wildman–Crippen MR) is 114 cm³/mol. The van der Waals surface area contributed by atoms with E-state index in [1.807, 2.05) is 31.2 Å². The summed E-state index contributed by atoms with van der Waals surface area (Å²) in [6, 6.07) is 13.7. The second-order valence-corrected chi connectivity index (χ2v) is 7.79. The second kappa shape index (κ2) is 8.94. The van der Waals surface area contributed by atoms with E-state index in [0.717, 1.165) is 26.0 Å². The van der Waals surface area contributed by atoms with Crippen LogP contribution in [0.4, 0.5) is 5.69 Å². The molecule has 3 aromatic rings. The van der Waals surface area contributed by atoms with Crippen molar-refractivity contribution in [2.75, 3.05) is 5.75 Å². The first-order valence-corrected chi connectivity index (χ1v) is 9.96. The van der Waals surface area contributed by atoms with E-state index in [2.05, 4.69) is 31.4 Å². The second-order valence-electron chi connectivity index (χ2n) is 5.85. The molecule has 2 aromatic carbocycles. The highest BCUT2D eigenvalue weighted by Crippen LogP contribution is 2.29. The Hall–Kier alpha value is -2.78. The number of carbonyl (C=O) groups is 1. The van der Waals surface area contributed by atoms with Crippen LogP contribution >= 0.6 is 27.7 Å². The fraction of sp³-hybridized carbons (Fsp3) is 0.105. The van der Waals surface area contributed by atoms with Gasteiger partial charge in [-0.2, -0.15) is 5.10 Å². The Morgan fingerprint density at radius 1 is 1.29 bits per heavy atom. The van der Waals surface area contributed by atoms with Gasteiger partial charge in [0.1, 0.15) is 0 Å². The molecular formula is C19H15BrN4O3S. The Kier molecular flexibility index (Phi) is 6.37. The van der Waals surface area contributed by atoms with Gasteiger partial charge in [-0.1, -0.05) is 15.9 Å². The molecule has 0 unspecified atom stereocenters. The lowest BCUT2D eigenvalue weighted by atomic mass is 10.2. The molecule has 0 bridgehead atoms. The first-order chi connectivity index (χ1) is 13.4. The van der Waals surface area contributed by atoms with Crippen LogP contribution in [0.25, 0.3) is 10.9 Å². The SMILES string of the molecule is Cc1cc(SCC(=O)N/N=C/c2ccc([N+](=O)[O-])cc2)c2cc(Br)ccc2n1. The zero-order valence-corrected chi connectivity index (χ0v) is 17.2. The highest BCUT2D eigenvalue weighted by atomic mass is 79.9. The third-order valence-electron chi connectivity index (χ3n) is 3.73. The number of rotatable bonds is 6. The number of hydrazone groups is 1. The molecule has 0 saturated carbocycles. The number of thioether (sulfide) groups is 1. The van der Waals surface area contributed by atoms with Crippen molar-refractivity contribution in [1.82, 2.24) is 10.4 Å². The summed E-state index contributed by atoms with van der Waals surface area (Å²) in [7, 11) is 0. The van der Waals surface area contributed by atoms with E-state index in [-0.39, 0.29) is 17.3 Å². The van der Waals surface area contributed by atoms with E-state index < -0.39 is 4.92 Å². The van der Waals surface area contributed by atoms with Crippen LogP contribution in [0.15, 0.2) is 63.0 Å². The van der Waals surface area contributed by atoms with E-state index in [9.17, 15) is 14.9 Å². The van der Waals surface area contributed by atoms with Gasteiger partial charge in [-0.3, -0.25) is 19.9 Å². The summed E-state index contributed by atoms with van der Waals surface area (Å²) in [6.07, 6.45) is 1.44. The molecule has 0 aliphatic carbocycles. The number of pyridine rings is 1. The van der Waals surface area contributed by atoms with Gasteiger partial charge in [-0.25, -0.2) is 5.43 Å². The largest absolute Gasteiger partial charge is 0.272 e. The van der Waals surface area contributed by atoms with Crippen molar-refractivity contribution in [2.24, 2.45) is 5.10 Å². The number of hydrogen-bond acceptors (Lipinski definition) is 6. The van der Waals surface area contributed by atoms with Crippen LogP contribution in [-0.4, -0.2) is 27.8 Å². The van der Waals surface area contributed by atoms with Gasteiger partial charge in [-0.05, 0) is 48.9 Å². The van der Waals surface area contributed by atoms with Gasteiger partial charge in [0.05, 0.1) is 22.4 Å². The van der Waals surface area contributed by atoms with Gasteiger partial charge in [0.2, 0.25) is 5.91 Å². The molecule has 1 heterocycles. The van der Waals surface area contributed by atoms with Crippen LogP contribution in [-0.2, 0) is 4.79 Å². The number of hydrogen-bond donors (Lipinski definition) is 1. The maximum atomic E-state index is 12.1. The summed E-state index contributed by atoms with van der Waals surface area (Å²) < 4.78 is 0.949. The average Bonchev–Trinajstić information content (AvgIpc) is 2.67. The van der Waals surface area contributed by atoms with Crippen molar-refractivity contribution in [3.05, 3.63) is 74.4 Å². The van der Waals surface area contributed by atoms with E-state index in [1.54, 1.807) is 12.1 Å². The van der Waals surface area contributed by atoms with Crippen LogP contribution in [0.3, 0.4) is 0 Å². The van der Waals surface area contributed by atoms with Crippen LogP contribution in [0.1, 0.15) is 11.3 Å². The first kappa shape index (κ1) is 20.0. The Morgan fingerprint density at radius 2 is 2.04 bits per heavy atom. The summed E-state index contributed by atoms with van der Waals surface area (Å²) in [5.41, 5.74) is 4.88. The average molecular weight is 459 g/mol. The summed E-state index contributed by atoms with van der Waals surface area (Å²) >= 11 is 4.87. The topological polar surface area (TPSA) is 97.5 Å². The van der Waals surface area contributed by atoms with Crippen molar-refractivity contribution < 1.29 is 9.72 Å². The molecule has 28 heavy (non-hydrogen) atoms. The molecule has 0 saturated heterocycles. The number of nitrogens with one attached hydrogen (secondary N) is 1. The molecule has 0 radical (unpaired) electrons.